The number of nitrogens with zero attached hydrogens (tertiary/aromatic N) is 2. The molecule has 1 N–H and O–H groups in total. The van der Waals surface area contributed by atoms with Gasteiger partial charge in [-0.3, -0.25) is 4.79 Å². The van der Waals surface area contributed by atoms with Gasteiger partial charge in [0.15, 0.2) is 10.4 Å². The van der Waals surface area contributed by atoms with Gasteiger partial charge in [0.25, 0.3) is 0 Å². The van der Waals surface area contributed by atoms with Gasteiger partial charge in [0.2, 0.25) is 5.91 Å². The smallest absolute Gasteiger partial charge is 0.333 e. The van der Waals surface area contributed by atoms with Crippen LogP contribution in [0.3, 0.4) is 0 Å². The van der Waals surface area contributed by atoms with E-state index >= 15 is 0 Å². The Balaban J connectivity index is 1.98. The molecule has 0 unspecified atom stereocenters. The van der Waals surface area contributed by atoms with Crippen molar-refractivity contribution in [3.63, 3.8) is 0 Å². The lowest BCUT2D eigenvalue weighted by molar-refractivity contribution is -0.145. The maximum Gasteiger partial charge on any atom is 0.333 e. The summed E-state index contributed by atoms with van der Waals surface area (Å²) in [5.41, 5.74) is 0.680. The van der Waals surface area contributed by atoms with Crippen LogP contribution < -0.4 is 5.32 Å². The van der Waals surface area contributed by atoms with Gasteiger partial charge in [-0.05, 0) is 12.5 Å². The van der Waals surface area contributed by atoms with Gasteiger partial charge < -0.3 is 10.1 Å². The lowest BCUT2D eigenvalue weighted by Crippen LogP contribution is -2.35. The number of amides is 1. The standard InChI is InChI=1S/C14H15N3O3S2/c1-9-16-17-14(22-9)21-8-11(18)15-12(13(19)20-2)10-6-4-3-5-7-10/h3-7,12H,8H2,1-2H3,(H,15,18)/t12-/m0/s1. The zero-order chi connectivity index (χ0) is 15.9. The molecule has 1 aromatic heterocycles. The third-order valence-electron chi connectivity index (χ3n) is 2.71. The molecule has 1 heterocycles. The molecule has 0 aliphatic rings. The van der Waals surface area contributed by atoms with Gasteiger partial charge in [-0.25, -0.2) is 4.79 Å². The summed E-state index contributed by atoms with van der Waals surface area (Å²) < 4.78 is 5.48. The molecule has 0 bridgehead atoms. The van der Waals surface area contributed by atoms with E-state index in [1.54, 1.807) is 24.3 Å². The van der Waals surface area contributed by atoms with E-state index in [1.165, 1.54) is 30.2 Å². The molecule has 2 rings (SSSR count). The Hall–Kier alpha value is -1.93. The van der Waals surface area contributed by atoms with Crippen LogP contribution in [-0.4, -0.2) is 34.9 Å². The fraction of sp³-hybridized carbons (Fsp3) is 0.286. The van der Waals surface area contributed by atoms with Crippen LogP contribution in [0.25, 0.3) is 0 Å². The highest BCUT2D eigenvalue weighted by Gasteiger charge is 2.23. The highest BCUT2D eigenvalue weighted by atomic mass is 32.2. The molecule has 1 amide bonds. The zero-order valence-electron chi connectivity index (χ0n) is 12.1. The highest BCUT2D eigenvalue weighted by Crippen LogP contribution is 2.22. The predicted molar refractivity (Wildman–Crippen MR) is 84.7 cm³/mol. The molecular formula is C14H15N3O3S2. The Morgan fingerprint density at radius 3 is 2.64 bits per heavy atom. The Morgan fingerprint density at radius 1 is 1.32 bits per heavy atom. The van der Waals surface area contributed by atoms with Gasteiger partial charge >= 0.3 is 5.97 Å². The van der Waals surface area contributed by atoms with Crippen LogP contribution in [0.4, 0.5) is 0 Å². The minimum absolute atomic E-state index is 0.162. The second kappa shape index (κ2) is 7.90. The summed E-state index contributed by atoms with van der Waals surface area (Å²) in [6, 6.07) is 8.17. The lowest BCUT2D eigenvalue weighted by Gasteiger charge is -2.16. The average Bonchev–Trinajstić information content (AvgIpc) is 2.96. The summed E-state index contributed by atoms with van der Waals surface area (Å²) in [7, 11) is 1.29. The molecule has 0 saturated carbocycles. The van der Waals surface area contributed by atoms with Crippen molar-refractivity contribution in [2.45, 2.75) is 17.3 Å². The predicted octanol–water partition coefficient (Wildman–Crippen LogP) is 1.97. The molecule has 1 atom stereocenters. The number of esters is 1. The monoisotopic (exact) mass is 337 g/mol. The molecule has 0 radical (unpaired) electrons. The number of carbonyl (C=O) groups is 2. The topological polar surface area (TPSA) is 81.2 Å². The van der Waals surface area contributed by atoms with E-state index in [-0.39, 0.29) is 11.7 Å². The molecule has 1 aromatic carbocycles. The Bertz CT molecular complexity index is 646. The number of aromatic nitrogens is 2. The third-order valence-corrected chi connectivity index (χ3v) is 4.68. The molecule has 116 valence electrons. The van der Waals surface area contributed by atoms with Crippen LogP contribution in [0, 0.1) is 6.92 Å². The summed E-state index contributed by atoms with van der Waals surface area (Å²) in [4.78, 5) is 23.9. The van der Waals surface area contributed by atoms with E-state index in [2.05, 4.69) is 15.5 Å². The normalized spacial score (nSPS) is 11.7. The second-order valence-corrected chi connectivity index (χ2v) is 6.71. The van der Waals surface area contributed by atoms with Crippen molar-refractivity contribution in [1.29, 1.82) is 0 Å². The van der Waals surface area contributed by atoms with Crippen LogP contribution >= 0.6 is 23.1 Å². The molecule has 6 nitrogen and oxygen atoms in total. The SMILES string of the molecule is COC(=O)[C@@H](NC(=O)CSc1nnc(C)s1)c1ccccc1. The summed E-state index contributed by atoms with van der Waals surface area (Å²) in [6.07, 6.45) is 0. The summed E-state index contributed by atoms with van der Waals surface area (Å²) >= 11 is 2.71. The van der Waals surface area contributed by atoms with Crippen molar-refractivity contribution < 1.29 is 14.3 Å². The number of hydrogen-bond acceptors (Lipinski definition) is 7. The van der Waals surface area contributed by atoms with Gasteiger partial charge in [-0.2, -0.15) is 0 Å². The zero-order valence-corrected chi connectivity index (χ0v) is 13.7. The Morgan fingerprint density at radius 2 is 2.05 bits per heavy atom. The molecule has 0 saturated heterocycles. The molecule has 8 heteroatoms. The largest absolute Gasteiger partial charge is 0.467 e. The number of aryl methyl sites for hydroxylation is 1. The van der Waals surface area contributed by atoms with Crippen LogP contribution in [-0.2, 0) is 14.3 Å². The van der Waals surface area contributed by atoms with E-state index < -0.39 is 12.0 Å². The molecule has 2 aromatic rings. The molecule has 0 spiro atoms. The number of benzene rings is 1. The minimum Gasteiger partial charge on any atom is -0.467 e. The van der Waals surface area contributed by atoms with Gasteiger partial charge in [0, 0.05) is 0 Å². The molecule has 0 fully saturated rings. The maximum absolute atomic E-state index is 12.0. The molecule has 22 heavy (non-hydrogen) atoms. The number of thioether (sulfide) groups is 1. The van der Waals surface area contributed by atoms with Gasteiger partial charge in [-0.15, -0.1) is 10.2 Å². The van der Waals surface area contributed by atoms with E-state index in [4.69, 9.17) is 4.74 Å². The first-order chi connectivity index (χ1) is 10.6. The van der Waals surface area contributed by atoms with Crippen LogP contribution in [0.2, 0.25) is 0 Å². The first-order valence-corrected chi connectivity index (χ1v) is 8.25. The minimum atomic E-state index is -0.810. The van der Waals surface area contributed by atoms with Crippen molar-refractivity contribution in [3.8, 4) is 0 Å². The Labute approximate surface area is 136 Å². The van der Waals surface area contributed by atoms with Crippen LogP contribution in [0.1, 0.15) is 16.6 Å². The third kappa shape index (κ3) is 4.54. The van der Waals surface area contributed by atoms with Crippen molar-refractivity contribution in [3.05, 3.63) is 40.9 Å². The number of hydrogen-bond donors (Lipinski definition) is 1. The second-order valence-electron chi connectivity index (χ2n) is 4.31. The number of nitrogens with one attached hydrogen (secondary N) is 1. The van der Waals surface area contributed by atoms with E-state index in [0.717, 1.165) is 9.35 Å². The molecule has 0 aliphatic carbocycles. The number of rotatable bonds is 6. The van der Waals surface area contributed by atoms with Crippen LogP contribution in [0.5, 0.6) is 0 Å². The quantitative estimate of drug-likeness (QED) is 0.641. The van der Waals surface area contributed by atoms with Crippen molar-refractivity contribution in [1.82, 2.24) is 15.5 Å². The number of ether oxygens (including phenoxy) is 1. The maximum atomic E-state index is 12.0. The first-order valence-electron chi connectivity index (χ1n) is 6.45. The molecular weight excluding hydrogens is 322 g/mol. The van der Waals surface area contributed by atoms with Crippen molar-refractivity contribution >= 4 is 35.0 Å². The summed E-state index contributed by atoms with van der Waals surface area (Å²) in [6.45, 7) is 1.85. The average molecular weight is 337 g/mol. The van der Waals surface area contributed by atoms with E-state index in [9.17, 15) is 9.59 Å². The fourth-order valence-electron chi connectivity index (χ4n) is 1.71. The van der Waals surface area contributed by atoms with Crippen LogP contribution in [0.15, 0.2) is 34.7 Å². The van der Waals surface area contributed by atoms with Crippen molar-refractivity contribution in [2.75, 3.05) is 12.9 Å². The van der Waals surface area contributed by atoms with Crippen molar-refractivity contribution in [2.24, 2.45) is 0 Å². The lowest BCUT2D eigenvalue weighted by atomic mass is 10.1. The van der Waals surface area contributed by atoms with E-state index in [0.29, 0.717) is 5.56 Å². The molecule has 0 aliphatic heterocycles. The van der Waals surface area contributed by atoms with Gasteiger partial charge in [0.05, 0.1) is 12.9 Å². The Kier molecular flexibility index (Phi) is 5.91. The fourth-order valence-corrected chi connectivity index (χ4v) is 3.34. The number of methoxy groups -OCH3 is 1. The summed E-state index contributed by atoms with van der Waals surface area (Å²) in [5.74, 6) is -0.608. The highest BCUT2D eigenvalue weighted by molar-refractivity contribution is 8.01. The summed E-state index contributed by atoms with van der Waals surface area (Å²) in [5, 5.41) is 11.4. The first kappa shape index (κ1) is 16.4. The van der Waals surface area contributed by atoms with E-state index in [1.807, 2.05) is 13.0 Å². The van der Waals surface area contributed by atoms with Gasteiger partial charge in [0.1, 0.15) is 5.01 Å². The van der Waals surface area contributed by atoms with Gasteiger partial charge in [-0.1, -0.05) is 53.4 Å². The number of carbonyl (C=O) groups excluding carboxylic acids is 2.